The quantitative estimate of drug-likeness (QED) is 0.603. The second kappa shape index (κ2) is 7.54. The molecule has 0 aromatic heterocycles. The molecule has 3 rings (SSSR count). The van der Waals surface area contributed by atoms with Gasteiger partial charge in [-0.2, -0.15) is 0 Å². The Hall–Kier alpha value is -1.64. The van der Waals surface area contributed by atoms with Crippen molar-refractivity contribution >= 4 is 18.4 Å². The number of rotatable bonds is 4. The highest BCUT2D eigenvalue weighted by Gasteiger charge is 2.48. The molecule has 1 N–H and O–H groups in total. The lowest BCUT2D eigenvalue weighted by Gasteiger charge is -2.45. The molecule has 2 heteroatoms. The Bertz CT molecular complexity index is 716. The summed E-state index contributed by atoms with van der Waals surface area (Å²) in [6.45, 7) is 9.51. The van der Waals surface area contributed by atoms with Crippen LogP contribution >= 0.6 is 0 Å². The highest BCUT2D eigenvalue weighted by atomic mass is 28.3. The molecule has 2 aromatic carbocycles. The molecule has 1 atom stereocenters. The van der Waals surface area contributed by atoms with Crippen molar-refractivity contribution in [1.82, 2.24) is 0 Å². The third-order valence-corrected chi connectivity index (χ3v) is 12.4. The van der Waals surface area contributed by atoms with Crippen LogP contribution in [-0.4, -0.2) is 19.3 Å². The van der Waals surface area contributed by atoms with Gasteiger partial charge in [-0.25, -0.2) is 0 Å². The highest BCUT2D eigenvalue weighted by Crippen LogP contribution is 2.42. The van der Waals surface area contributed by atoms with Gasteiger partial charge in [0.2, 0.25) is 0 Å². The summed E-state index contributed by atoms with van der Waals surface area (Å²) in [6, 6.07) is 23.4. The highest BCUT2D eigenvalue weighted by molar-refractivity contribution is 7.04. The van der Waals surface area contributed by atoms with Crippen LogP contribution in [0, 0.1) is 0 Å². The standard InChI is InChI=1S/C24H32OSi/c1-19-15-16-21(25)17-20(19)18-26(24(2,3)4,22-11-7-5-8-12-22)23-13-9-6-10-14-23/h5-14,21,25H,15-18H2,1-4H3. The molecule has 0 radical (unpaired) electrons. The average Bonchev–Trinajstić information content (AvgIpc) is 2.63. The predicted molar refractivity (Wildman–Crippen MR) is 115 cm³/mol. The first-order chi connectivity index (χ1) is 12.3. The number of allylic oxidation sites excluding steroid dienone is 1. The molecular formula is C24H32OSi. The topological polar surface area (TPSA) is 20.2 Å². The van der Waals surface area contributed by atoms with Crippen molar-refractivity contribution in [3.8, 4) is 0 Å². The SMILES string of the molecule is CC1=C(C[Si](c2ccccc2)(c2ccccc2)C(C)(C)C)CC(O)CC1. The molecule has 0 aliphatic heterocycles. The van der Waals surface area contributed by atoms with Gasteiger partial charge in [-0.3, -0.25) is 0 Å². The number of benzene rings is 2. The van der Waals surface area contributed by atoms with Crippen LogP contribution in [-0.2, 0) is 0 Å². The first-order valence-corrected chi connectivity index (χ1v) is 12.0. The molecule has 0 spiro atoms. The maximum atomic E-state index is 10.3. The third kappa shape index (κ3) is 3.58. The first-order valence-electron chi connectivity index (χ1n) is 9.81. The van der Waals surface area contributed by atoms with Crippen LogP contribution in [0.5, 0.6) is 0 Å². The van der Waals surface area contributed by atoms with E-state index in [1.54, 1.807) is 0 Å². The summed E-state index contributed by atoms with van der Waals surface area (Å²) in [5, 5.41) is 13.5. The van der Waals surface area contributed by atoms with Crippen LogP contribution in [0.4, 0.5) is 0 Å². The van der Waals surface area contributed by atoms with Gasteiger partial charge in [0.25, 0.3) is 0 Å². The van der Waals surface area contributed by atoms with Crippen molar-refractivity contribution in [3.63, 3.8) is 0 Å². The van der Waals surface area contributed by atoms with E-state index >= 15 is 0 Å². The average molecular weight is 365 g/mol. The predicted octanol–water partition coefficient (Wildman–Crippen LogP) is 4.91. The Morgan fingerprint density at radius 3 is 1.88 bits per heavy atom. The summed E-state index contributed by atoms with van der Waals surface area (Å²) in [6.07, 6.45) is 2.62. The molecule has 0 saturated carbocycles. The van der Waals surface area contributed by atoms with Crippen LogP contribution in [0.15, 0.2) is 71.8 Å². The minimum Gasteiger partial charge on any atom is -0.393 e. The van der Waals surface area contributed by atoms with E-state index in [0.29, 0.717) is 0 Å². The molecule has 2 aromatic rings. The first kappa shape index (κ1) is 19.1. The van der Waals surface area contributed by atoms with Crippen molar-refractivity contribution < 1.29 is 5.11 Å². The number of hydrogen-bond acceptors (Lipinski definition) is 1. The van der Waals surface area contributed by atoms with E-state index in [9.17, 15) is 5.11 Å². The van der Waals surface area contributed by atoms with Crippen LogP contribution in [0.25, 0.3) is 0 Å². The summed E-state index contributed by atoms with van der Waals surface area (Å²) < 4.78 is 0. The van der Waals surface area contributed by atoms with Gasteiger partial charge >= 0.3 is 0 Å². The molecule has 0 heterocycles. The van der Waals surface area contributed by atoms with E-state index in [4.69, 9.17) is 0 Å². The van der Waals surface area contributed by atoms with Gasteiger partial charge in [0, 0.05) is 0 Å². The summed E-state index contributed by atoms with van der Waals surface area (Å²) in [7, 11) is -2.08. The Kier molecular flexibility index (Phi) is 5.54. The van der Waals surface area contributed by atoms with Gasteiger partial charge in [-0.15, -0.1) is 0 Å². The molecule has 1 nitrogen and oxygen atoms in total. The van der Waals surface area contributed by atoms with E-state index in [1.807, 2.05) is 0 Å². The smallest absolute Gasteiger partial charge is 0.127 e. The van der Waals surface area contributed by atoms with Gasteiger partial charge in [-0.05, 0) is 37.3 Å². The second-order valence-electron chi connectivity index (χ2n) is 8.84. The molecule has 26 heavy (non-hydrogen) atoms. The van der Waals surface area contributed by atoms with Crippen molar-refractivity contribution in [3.05, 3.63) is 71.8 Å². The fourth-order valence-electron chi connectivity index (χ4n) is 4.61. The van der Waals surface area contributed by atoms with E-state index in [-0.39, 0.29) is 11.1 Å². The largest absolute Gasteiger partial charge is 0.393 e. The van der Waals surface area contributed by atoms with Crippen molar-refractivity contribution in [1.29, 1.82) is 0 Å². The number of aliphatic hydroxyl groups excluding tert-OH is 1. The van der Waals surface area contributed by atoms with E-state index in [1.165, 1.54) is 21.5 Å². The van der Waals surface area contributed by atoms with Gasteiger partial charge in [0.15, 0.2) is 0 Å². The van der Waals surface area contributed by atoms with Crippen LogP contribution in [0.3, 0.4) is 0 Å². The molecule has 0 amide bonds. The third-order valence-electron chi connectivity index (χ3n) is 6.23. The van der Waals surface area contributed by atoms with E-state index in [2.05, 4.69) is 88.4 Å². The molecular weight excluding hydrogens is 332 g/mol. The summed E-state index contributed by atoms with van der Waals surface area (Å²) in [5.74, 6) is 0. The fraction of sp³-hybridized carbons (Fsp3) is 0.417. The molecule has 0 saturated heterocycles. The molecule has 1 aliphatic rings. The zero-order valence-electron chi connectivity index (χ0n) is 16.6. The normalized spacial score (nSPS) is 18.9. The maximum Gasteiger partial charge on any atom is 0.127 e. The number of hydrogen-bond donors (Lipinski definition) is 1. The lowest BCUT2D eigenvalue weighted by molar-refractivity contribution is 0.158. The van der Waals surface area contributed by atoms with Crippen LogP contribution < -0.4 is 10.4 Å². The monoisotopic (exact) mass is 364 g/mol. The zero-order valence-corrected chi connectivity index (χ0v) is 17.6. The van der Waals surface area contributed by atoms with Crippen LogP contribution in [0.2, 0.25) is 11.1 Å². The van der Waals surface area contributed by atoms with Gasteiger partial charge < -0.3 is 5.11 Å². The van der Waals surface area contributed by atoms with Crippen molar-refractivity contribution in [2.45, 2.75) is 64.1 Å². The lowest BCUT2D eigenvalue weighted by atomic mass is 9.92. The van der Waals surface area contributed by atoms with E-state index < -0.39 is 8.07 Å². The maximum absolute atomic E-state index is 10.3. The Labute approximate surface area is 159 Å². The minimum absolute atomic E-state index is 0.172. The summed E-state index contributed by atoms with van der Waals surface area (Å²) >= 11 is 0. The molecule has 138 valence electrons. The lowest BCUT2D eigenvalue weighted by Crippen LogP contribution is -2.64. The second-order valence-corrected chi connectivity index (χ2v) is 13.7. The molecule has 0 fully saturated rings. The fourth-order valence-corrected chi connectivity index (χ4v) is 10.2. The Morgan fingerprint density at radius 1 is 0.923 bits per heavy atom. The summed E-state index contributed by atoms with van der Waals surface area (Å²) in [4.78, 5) is 0. The van der Waals surface area contributed by atoms with Gasteiger partial charge in [0.05, 0.1) is 6.10 Å². The Balaban J connectivity index is 2.21. The van der Waals surface area contributed by atoms with Crippen LogP contribution in [0.1, 0.15) is 47.0 Å². The van der Waals surface area contributed by atoms with Gasteiger partial charge in [-0.1, -0.05) is 103 Å². The van der Waals surface area contributed by atoms with Gasteiger partial charge in [0.1, 0.15) is 8.07 Å². The molecule has 1 unspecified atom stereocenters. The molecule has 1 aliphatic carbocycles. The van der Waals surface area contributed by atoms with Crippen molar-refractivity contribution in [2.24, 2.45) is 0 Å². The summed E-state index contributed by atoms with van der Waals surface area (Å²) in [5.41, 5.74) is 3.00. The zero-order chi connectivity index (χ0) is 18.8. The number of aliphatic hydroxyl groups is 1. The van der Waals surface area contributed by atoms with Crippen molar-refractivity contribution in [2.75, 3.05) is 0 Å². The minimum atomic E-state index is -2.08. The van der Waals surface area contributed by atoms with E-state index in [0.717, 1.165) is 25.3 Å². The Morgan fingerprint density at radius 2 is 1.42 bits per heavy atom. The molecule has 0 bridgehead atoms.